The highest BCUT2D eigenvalue weighted by Crippen LogP contribution is 2.18. The van der Waals surface area contributed by atoms with E-state index in [1.807, 2.05) is 19.1 Å². The number of nitrogens with two attached hydrogens (primary N) is 1. The maximum atomic E-state index is 5.92. The Morgan fingerprint density at radius 2 is 2.24 bits per heavy atom. The van der Waals surface area contributed by atoms with Crippen LogP contribution in [0.2, 0.25) is 0 Å². The van der Waals surface area contributed by atoms with Crippen molar-refractivity contribution in [3.63, 3.8) is 0 Å². The Kier molecular flexibility index (Phi) is 5.33. The Bertz CT molecular complexity index is 616. The number of rotatable bonds is 5. The van der Waals surface area contributed by atoms with E-state index < -0.39 is 0 Å². The molecular formula is C16H22N4S. The average molecular weight is 302 g/mol. The van der Waals surface area contributed by atoms with Crippen molar-refractivity contribution in [2.45, 2.75) is 33.1 Å². The number of anilines is 1. The van der Waals surface area contributed by atoms with Crippen molar-refractivity contribution in [1.82, 2.24) is 4.98 Å². The lowest BCUT2D eigenvalue weighted by atomic mass is 10.0. The number of guanidine groups is 1. The van der Waals surface area contributed by atoms with Crippen LogP contribution in [0.25, 0.3) is 0 Å². The van der Waals surface area contributed by atoms with Gasteiger partial charge in [-0.25, -0.2) is 4.98 Å². The summed E-state index contributed by atoms with van der Waals surface area (Å²) in [5, 5.41) is 6.30. The first kappa shape index (κ1) is 15.5. The Morgan fingerprint density at radius 1 is 1.43 bits per heavy atom. The molecule has 0 bridgehead atoms. The summed E-state index contributed by atoms with van der Waals surface area (Å²) < 4.78 is 0. The molecule has 21 heavy (non-hydrogen) atoms. The van der Waals surface area contributed by atoms with E-state index in [-0.39, 0.29) is 0 Å². The highest BCUT2D eigenvalue weighted by molar-refractivity contribution is 7.09. The van der Waals surface area contributed by atoms with Crippen LogP contribution in [0, 0.1) is 6.92 Å². The number of hydrogen-bond donors (Lipinski definition) is 2. The van der Waals surface area contributed by atoms with Crippen molar-refractivity contribution in [1.29, 1.82) is 0 Å². The zero-order valence-electron chi connectivity index (χ0n) is 12.8. The molecule has 0 aliphatic carbocycles. The molecule has 112 valence electrons. The van der Waals surface area contributed by atoms with Gasteiger partial charge in [0.25, 0.3) is 0 Å². The van der Waals surface area contributed by atoms with Crippen LogP contribution in [0.5, 0.6) is 0 Å². The first-order valence-electron chi connectivity index (χ1n) is 7.12. The molecule has 2 aromatic rings. The van der Waals surface area contributed by atoms with Gasteiger partial charge in [-0.05, 0) is 30.5 Å². The van der Waals surface area contributed by atoms with Crippen molar-refractivity contribution in [2.24, 2.45) is 10.7 Å². The van der Waals surface area contributed by atoms with Crippen LogP contribution in [0.4, 0.5) is 5.69 Å². The quantitative estimate of drug-likeness (QED) is 0.656. The van der Waals surface area contributed by atoms with Gasteiger partial charge in [0.15, 0.2) is 5.96 Å². The SMILES string of the molecule is Cc1nc(CCN=C(N)Nc2cccc(C(C)C)c2)cs1. The number of benzene rings is 1. The van der Waals surface area contributed by atoms with Crippen LogP contribution in [0.1, 0.15) is 36.0 Å². The first-order chi connectivity index (χ1) is 10.0. The standard InChI is InChI=1S/C16H22N4S/c1-11(2)13-5-4-6-14(9-13)20-16(17)18-8-7-15-10-21-12(3)19-15/h4-6,9-11H,7-8H2,1-3H3,(H3,17,18,20). The van der Waals surface area contributed by atoms with Gasteiger partial charge in [0.05, 0.1) is 10.7 Å². The van der Waals surface area contributed by atoms with E-state index in [4.69, 9.17) is 5.73 Å². The molecule has 3 N–H and O–H groups in total. The average Bonchev–Trinajstić information content (AvgIpc) is 2.84. The molecule has 0 aliphatic rings. The lowest BCUT2D eigenvalue weighted by Gasteiger charge is -2.09. The van der Waals surface area contributed by atoms with E-state index in [9.17, 15) is 0 Å². The van der Waals surface area contributed by atoms with Crippen LogP contribution in [-0.2, 0) is 6.42 Å². The second kappa shape index (κ2) is 7.22. The van der Waals surface area contributed by atoms with E-state index in [1.165, 1.54) is 5.56 Å². The molecule has 0 unspecified atom stereocenters. The lowest BCUT2D eigenvalue weighted by molar-refractivity contribution is 0.867. The van der Waals surface area contributed by atoms with Gasteiger partial charge in [-0.3, -0.25) is 4.99 Å². The summed E-state index contributed by atoms with van der Waals surface area (Å²) in [6.45, 7) is 7.00. The van der Waals surface area contributed by atoms with Gasteiger partial charge < -0.3 is 11.1 Å². The summed E-state index contributed by atoms with van der Waals surface area (Å²) >= 11 is 1.66. The molecule has 5 heteroatoms. The zero-order valence-corrected chi connectivity index (χ0v) is 13.6. The third kappa shape index (κ3) is 4.86. The summed E-state index contributed by atoms with van der Waals surface area (Å²) in [5.41, 5.74) is 9.26. The van der Waals surface area contributed by atoms with Gasteiger partial charge in [-0.1, -0.05) is 26.0 Å². The van der Waals surface area contributed by atoms with Gasteiger partial charge in [0.1, 0.15) is 0 Å². The number of hydrogen-bond acceptors (Lipinski definition) is 3. The Morgan fingerprint density at radius 3 is 2.90 bits per heavy atom. The topological polar surface area (TPSA) is 63.3 Å². The highest BCUT2D eigenvalue weighted by Gasteiger charge is 2.01. The second-order valence-electron chi connectivity index (χ2n) is 5.28. The molecule has 2 rings (SSSR count). The molecule has 0 amide bonds. The molecule has 0 spiro atoms. The van der Waals surface area contributed by atoms with Crippen molar-refractivity contribution in [3.05, 3.63) is 45.9 Å². The monoisotopic (exact) mass is 302 g/mol. The van der Waals surface area contributed by atoms with Crippen LogP contribution < -0.4 is 11.1 Å². The molecule has 0 aliphatic heterocycles. The van der Waals surface area contributed by atoms with E-state index >= 15 is 0 Å². The summed E-state index contributed by atoms with van der Waals surface area (Å²) in [5.74, 6) is 0.945. The van der Waals surface area contributed by atoms with Gasteiger partial charge in [0.2, 0.25) is 0 Å². The summed E-state index contributed by atoms with van der Waals surface area (Å²) in [6.07, 6.45) is 0.818. The van der Waals surface area contributed by atoms with Crippen LogP contribution in [0.15, 0.2) is 34.6 Å². The highest BCUT2D eigenvalue weighted by atomic mass is 32.1. The molecular weight excluding hydrogens is 280 g/mol. The summed E-state index contributed by atoms with van der Waals surface area (Å²) in [4.78, 5) is 8.76. The number of nitrogens with one attached hydrogen (secondary N) is 1. The summed E-state index contributed by atoms with van der Waals surface area (Å²) in [7, 11) is 0. The van der Waals surface area contributed by atoms with E-state index in [0.29, 0.717) is 18.4 Å². The molecule has 0 saturated heterocycles. The molecule has 1 heterocycles. The van der Waals surface area contributed by atoms with Crippen molar-refractivity contribution < 1.29 is 0 Å². The normalized spacial score (nSPS) is 11.9. The fourth-order valence-corrected chi connectivity index (χ4v) is 2.62. The van der Waals surface area contributed by atoms with Gasteiger partial charge in [-0.15, -0.1) is 11.3 Å². The number of thiazole rings is 1. The Labute approximate surface area is 130 Å². The molecule has 4 nitrogen and oxygen atoms in total. The first-order valence-corrected chi connectivity index (χ1v) is 8.00. The number of aromatic nitrogens is 1. The molecule has 0 saturated carbocycles. The Balaban J connectivity index is 1.89. The molecule has 0 fully saturated rings. The molecule has 1 aromatic heterocycles. The van der Waals surface area contributed by atoms with E-state index in [2.05, 4.69) is 46.7 Å². The van der Waals surface area contributed by atoms with Gasteiger partial charge >= 0.3 is 0 Å². The minimum atomic E-state index is 0.447. The predicted molar refractivity (Wildman–Crippen MR) is 91.2 cm³/mol. The zero-order chi connectivity index (χ0) is 15.2. The maximum absolute atomic E-state index is 5.92. The molecule has 0 atom stereocenters. The largest absolute Gasteiger partial charge is 0.370 e. The molecule has 1 aromatic carbocycles. The Hall–Kier alpha value is -1.88. The minimum absolute atomic E-state index is 0.447. The minimum Gasteiger partial charge on any atom is -0.370 e. The van der Waals surface area contributed by atoms with Crippen molar-refractivity contribution in [2.75, 3.05) is 11.9 Å². The maximum Gasteiger partial charge on any atom is 0.193 e. The third-order valence-corrected chi connectivity index (χ3v) is 3.96. The fourth-order valence-electron chi connectivity index (χ4n) is 1.98. The van der Waals surface area contributed by atoms with Crippen LogP contribution in [0.3, 0.4) is 0 Å². The molecule has 0 radical (unpaired) electrons. The lowest BCUT2D eigenvalue weighted by Crippen LogP contribution is -2.23. The van der Waals surface area contributed by atoms with E-state index in [1.54, 1.807) is 11.3 Å². The van der Waals surface area contributed by atoms with Gasteiger partial charge in [0, 0.05) is 24.0 Å². The predicted octanol–water partition coefficient (Wildman–Crippen LogP) is 3.54. The fraction of sp³-hybridized carbons (Fsp3) is 0.375. The van der Waals surface area contributed by atoms with E-state index in [0.717, 1.165) is 22.8 Å². The van der Waals surface area contributed by atoms with Crippen LogP contribution in [-0.4, -0.2) is 17.5 Å². The smallest absolute Gasteiger partial charge is 0.193 e. The number of aliphatic imine (C=N–C) groups is 1. The summed E-state index contributed by atoms with van der Waals surface area (Å²) in [6, 6.07) is 8.26. The van der Waals surface area contributed by atoms with Crippen molar-refractivity contribution in [3.8, 4) is 0 Å². The van der Waals surface area contributed by atoms with Crippen LogP contribution >= 0.6 is 11.3 Å². The van der Waals surface area contributed by atoms with Crippen molar-refractivity contribution >= 4 is 23.0 Å². The number of aryl methyl sites for hydroxylation is 1. The van der Waals surface area contributed by atoms with Gasteiger partial charge in [-0.2, -0.15) is 0 Å². The third-order valence-electron chi connectivity index (χ3n) is 3.14. The second-order valence-corrected chi connectivity index (χ2v) is 6.34. The number of nitrogens with zero attached hydrogens (tertiary/aromatic N) is 2.